The van der Waals surface area contributed by atoms with E-state index < -0.39 is 0 Å². The van der Waals surface area contributed by atoms with E-state index in [4.69, 9.17) is 4.74 Å². The number of ether oxygens (including phenoxy) is 1. The van der Waals surface area contributed by atoms with Gasteiger partial charge < -0.3 is 9.64 Å². The van der Waals surface area contributed by atoms with Crippen LogP contribution in [0.25, 0.3) is 0 Å². The monoisotopic (exact) mass is 314 g/mol. The van der Waals surface area contributed by atoms with Gasteiger partial charge in [-0.25, -0.2) is 0 Å². The smallest absolute Gasteiger partial charge is 0.245 e. The molecule has 0 aliphatic carbocycles. The number of benzene rings is 1. The fourth-order valence-electron chi connectivity index (χ4n) is 3.58. The molecular weight excluding hydrogens is 288 g/mol. The minimum Gasteiger partial charge on any atom is -0.372 e. The standard InChI is InChI=1S/C19H26N2O2/c1-3-18(22)21-10-8-19(9-11-21)15-20(12-13-23-19)14-17-6-4-16(2)5-7-17/h3-7H,1,8-15H2,2H3. The Balaban J connectivity index is 1.59. The summed E-state index contributed by atoms with van der Waals surface area (Å²) in [5.74, 6) is 0.0344. The summed E-state index contributed by atoms with van der Waals surface area (Å²) in [5, 5.41) is 0. The largest absolute Gasteiger partial charge is 0.372 e. The Bertz CT molecular complexity index is 559. The highest BCUT2D eigenvalue weighted by Gasteiger charge is 2.40. The summed E-state index contributed by atoms with van der Waals surface area (Å²) < 4.78 is 6.15. The maximum absolute atomic E-state index is 11.7. The van der Waals surface area contributed by atoms with Gasteiger partial charge in [0.1, 0.15) is 0 Å². The summed E-state index contributed by atoms with van der Waals surface area (Å²) in [6.45, 7) is 10.9. The van der Waals surface area contributed by atoms with Gasteiger partial charge in [0.05, 0.1) is 12.2 Å². The van der Waals surface area contributed by atoms with E-state index in [1.165, 1.54) is 17.2 Å². The van der Waals surface area contributed by atoms with Crippen molar-refractivity contribution in [3.63, 3.8) is 0 Å². The van der Waals surface area contributed by atoms with Crippen LogP contribution in [0.4, 0.5) is 0 Å². The van der Waals surface area contributed by atoms with E-state index in [2.05, 4.69) is 42.7 Å². The van der Waals surface area contributed by atoms with Crippen molar-refractivity contribution >= 4 is 5.91 Å². The second-order valence-corrected chi connectivity index (χ2v) is 6.76. The zero-order chi connectivity index (χ0) is 16.3. The number of aryl methyl sites for hydroxylation is 1. The fourth-order valence-corrected chi connectivity index (χ4v) is 3.58. The summed E-state index contributed by atoms with van der Waals surface area (Å²) in [7, 11) is 0. The number of hydrogen-bond donors (Lipinski definition) is 0. The molecule has 0 aromatic heterocycles. The summed E-state index contributed by atoms with van der Waals surface area (Å²) in [6, 6.07) is 8.77. The summed E-state index contributed by atoms with van der Waals surface area (Å²) in [4.78, 5) is 16.1. The minimum absolute atomic E-state index is 0.0344. The van der Waals surface area contributed by atoms with Gasteiger partial charge in [0.25, 0.3) is 0 Å². The number of piperidine rings is 1. The SMILES string of the molecule is C=CC(=O)N1CCC2(CC1)CN(Cc1ccc(C)cc1)CCO2. The second kappa shape index (κ2) is 6.85. The molecule has 124 valence electrons. The molecule has 1 aromatic rings. The van der Waals surface area contributed by atoms with Crippen LogP contribution in [-0.2, 0) is 16.1 Å². The van der Waals surface area contributed by atoms with Crippen LogP contribution in [0.15, 0.2) is 36.9 Å². The molecule has 3 rings (SSSR count). The molecule has 2 heterocycles. The lowest BCUT2D eigenvalue weighted by atomic mass is 9.89. The predicted octanol–water partition coefficient (Wildman–Crippen LogP) is 2.37. The molecule has 0 bridgehead atoms. The second-order valence-electron chi connectivity index (χ2n) is 6.76. The maximum atomic E-state index is 11.7. The number of nitrogens with zero attached hydrogens (tertiary/aromatic N) is 2. The third-order valence-electron chi connectivity index (χ3n) is 5.02. The van der Waals surface area contributed by atoms with Crippen molar-refractivity contribution in [3.8, 4) is 0 Å². The van der Waals surface area contributed by atoms with Crippen LogP contribution in [0, 0.1) is 6.92 Å². The first-order valence-corrected chi connectivity index (χ1v) is 8.43. The number of carbonyl (C=O) groups is 1. The van der Waals surface area contributed by atoms with Gasteiger partial charge in [0, 0.05) is 32.7 Å². The molecule has 2 saturated heterocycles. The van der Waals surface area contributed by atoms with Crippen LogP contribution in [0.3, 0.4) is 0 Å². The normalized spacial score (nSPS) is 21.3. The van der Waals surface area contributed by atoms with Gasteiger partial charge in [-0.3, -0.25) is 9.69 Å². The lowest BCUT2D eigenvalue weighted by molar-refractivity contribution is -0.148. The van der Waals surface area contributed by atoms with E-state index in [1.807, 2.05) is 4.90 Å². The lowest BCUT2D eigenvalue weighted by Gasteiger charge is -2.47. The molecule has 1 aromatic carbocycles. The molecular formula is C19H26N2O2. The van der Waals surface area contributed by atoms with E-state index in [0.29, 0.717) is 0 Å². The maximum Gasteiger partial charge on any atom is 0.245 e. The topological polar surface area (TPSA) is 32.8 Å². The molecule has 23 heavy (non-hydrogen) atoms. The van der Waals surface area contributed by atoms with Crippen LogP contribution < -0.4 is 0 Å². The molecule has 4 heteroatoms. The highest BCUT2D eigenvalue weighted by atomic mass is 16.5. The molecule has 2 aliphatic rings. The molecule has 0 N–H and O–H groups in total. The Hall–Kier alpha value is -1.65. The van der Waals surface area contributed by atoms with Crippen molar-refractivity contribution in [2.45, 2.75) is 31.9 Å². The Morgan fingerprint density at radius 3 is 2.61 bits per heavy atom. The van der Waals surface area contributed by atoms with Gasteiger partial charge in [0.2, 0.25) is 5.91 Å². The molecule has 0 radical (unpaired) electrons. The van der Waals surface area contributed by atoms with Gasteiger partial charge in [0.15, 0.2) is 0 Å². The average Bonchev–Trinajstić information content (AvgIpc) is 2.57. The highest BCUT2D eigenvalue weighted by molar-refractivity contribution is 5.87. The first kappa shape index (κ1) is 16.2. The molecule has 1 amide bonds. The average molecular weight is 314 g/mol. The third-order valence-corrected chi connectivity index (χ3v) is 5.02. The Morgan fingerprint density at radius 2 is 1.96 bits per heavy atom. The summed E-state index contributed by atoms with van der Waals surface area (Å²) >= 11 is 0. The predicted molar refractivity (Wildman–Crippen MR) is 91.2 cm³/mol. The summed E-state index contributed by atoms with van der Waals surface area (Å²) in [6.07, 6.45) is 3.23. The van der Waals surface area contributed by atoms with E-state index in [9.17, 15) is 4.79 Å². The van der Waals surface area contributed by atoms with Gasteiger partial charge in [-0.15, -0.1) is 0 Å². The van der Waals surface area contributed by atoms with Crippen LogP contribution in [-0.4, -0.2) is 54.1 Å². The zero-order valence-corrected chi connectivity index (χ0v) is 14.0. The van der Waals surface area contributed by atoms with Gasteiger partial charge in [-0.2, -0.15) is 0 Å². The van der Waals surface area contributed by atoms with Crippen LogP contribution in [0.5, 0.6) is 0 Å². The highest BCUT2D eigenvalue weighted by Crippen LogP contribution is 2.30. The molecule has 0 atom stereocenters. The number of carbonyl (C=O) groups excluding carboxylic acids is 1. The van der Waals surface area contributed by atoms with Crippen molar-refractivity contribution in [2.75, 3.05) is 32.8 Å². The molecule has 2 fully saturated rings. The molecule has 0 saturated carbocycles. The Labute approximate surface area is 138 Å². The number of rotatable bonds is 3. The quantitative estimate of drug-likeness (QED) is 0.803. The van der Waals surface area contributed by atoms with E-state index >= 15 is 0 Å². The van der Waals surface area contributed by atoms with E-state index in [0.717, 1.165) is 52.2 Å². The Morgan fingerprint density at radius 1 is 1.26 bits per heavy atom. The lowest BCUT2D eigenvalue weighted by Crippen LogP contribution is -2.57. The van der Waals surface area contributed by atoms with Crippen LogP contribution in [0.1, 0.15) is 24.0 Å². The van der Waals surface area contributed by atoms with Gasteiger partial charge in [-0.05, 0) is 31.4 Å². The fraction of sp³-hybridized carbons (Fsp3) is 0.526. The first-order chi connectivity index (χ1) is 11.1. The van der Waals surface area contributed by atoms with Crippen LogP contribution in [0.2, 0.25) is 0 Å². The van der Waals surface area contributed by atoms with Crippen molar-refractivity contribution in [1.82, 2.24) is 9.80 Å². The molecule has 1 spiro atoms. The van der Waals surface area contributed by atoms with Crippen LogP contribution >= 0.6 is 0 Å². The van der Waals surface area contributed by atoms with Crippen molar-refractivity contribution < 1.29 is 9.53 Å². The van der Waals surface area contributed by atoms with E-state index in [-0.39, 0.29) is 11.5 Å². The number of amides is 1. The molecule has 4 nitrogen and oxygen atoms in total. The van der Waals surface area contributed by atoms with Crippen molar-refractivity contribution in [3.05, 3.63) is 48.0 Å². The summed E-state index contributed by atoms with van der Waals surface area (Å²) in [5.41, 5.74) is 2.57. The van der Waals surface area contributed by atoms with Crippen molar-refractivity contribution in [1.29, 1.82) is 0 Å². The number of morpholine rings is 1. The number of hydrogen-bond acceptors (Lipinski definition) is 3. The van der Waals surface area contributed by atoms with E-state index in [1.54, 1.807) is 0 Å². The molecule has 2 aliphatic heterocycles. The zero-order valence-electron chi connectivity index (χ0n) is 14.0. The van der Waals surface area contributed by atoms with Gasteiger partial charge in [-0.1, -0.05) is 36.4 Å². The minimum atomic E-state index is -0.0824. The van der Waals surface area contributed by atoms with Crippen molar-refractivity contribution in [2.24, 2.45) is 0 Å². The first-order valence-electron chi connectivity index (χ1n) is 8.43. The third kappa shape index (κ3) is 3.82. The molecule has 0 unspecified atom stereocenters. The number of likely N-dealkylation sites (tertiary alicyclic amines) is 1. The Kier molecular flexibility index (Phi) is 4.83. The van der Waals surface area contributed by atoms with Gasteiger partial charge >= 0.3 is 0 Å².